The number of para-hydroxylation sites is 1. The maximum atomic E-state index is 13.1. The number of esters is 1. The molecule has 0 aliphatic rings. The van der Waals surface area contributed by atoms with Crippen molar-refractivity contribution in [2.24, 2.45) is 0 Å². The number of methoxy groups -OCH3 is 1. The first-order chi connectivity index (χ1) is 19.0. The molecule has 0 radical (unpaired) electrons. The Hall–Kier alpha value is -4.29. The number of ether oxygens (including phenoxy) is 2. The van der Waals surface area contributed by atoms with Gasteiger partial charge in [0.15, 0.2) is 5.78 Å². The van der Waals surface area contributed by atoms with E-state index >= 15 is 0 Å². The maximum absolute atomic E-state index is 13.1. The van der Waals surface area contributed by atoms with Crippen LogP contribution in [-0.2, 0) is 16.0 Å². The number of benzene rings is 4. The summed E-state index contributed by atoms with van der Waals surface area (Å²) in [5.74, 6) is 0.221. The second-order valence-electron chi connectivity index (χ2n) is 8.95. The molecule has 1 atom stereocenters. The van der Waals surface area contributed by atoms with E-state index in [9.17, 15) is 9.59 Å². The lowest BCUT2D eigenvalue weighted by Crippen LogP contribution is -2.33. The van der Waals surface area contributed by atoms with Crippen molar-refractivity contribution in [1.82, 2.24) is 0 Å². The van der Waals surface area contributed by atoms with Crippen LogP contribution in [0.1, 0.15) is 27.9 Å². The molecule has 0 aromatic heterocycles. The molecule has 0 heterocycles. The van der Waals surface area contributed by atoms with E-state index in [2.05, 4.69) is 10.6 Å². The fraction of sp³-hybridized carbons (Fsp3) is 0.188. The summed E-state index contributed by atoms with van der Waals surface area (Å²) in [7, 11) is 1.36. The number of anilines is 2. The molecule has 0 aliphatic carbocycles. The molecule has 0 amide bonds. The number of ketones is 1. The van der Waals surface area contributed by atoms with Crippen LogP contribution in [0.3, 0.4) is 0 Å². The van der Waals surface area contributed by atoms with Gasteiger partial charge in [0.2, 0.25) is 0 Å². The highest BCUT2D eigenvalue weighted by molar-refractivity contribution is 6.30. The summed E-state index contributed by atoms with van der Waals surface area (Å²) in [5.41, 5.74) is 3.56. The normalized spacial score (nSPS) is 11.3. The van der Waals surface area contributed by atoms with E-state index in [1.807, 2.05) is 72.8 Å². The van der Waals surface area contributed by atoms with Gasteiger partial charge in [-0.2, -0.15) is 0 Å². The number of hydrogen-bond acceptors (Lipinski definition) is 6. The number of rotatable bonds is 13. The van der Waals surface area contributed by atoms with Gasteiger partial charge >= 0.3 is 5.97 Å². The van der Waals surface area contributed by atoms with E-state index in [1.165, 1.54) is 7.11 Å². The quantitative estimate of drug-likeness (QED) is 0.112. The number of hydrogen-bond donors (Lipinski definition) is 2. The van der Waals surface area contributed by atoms with Gasteiger partial charge in [-0.25, -0.2) is 4.79 Å². The molecule has 0 fully saturated rings. The first-order valence-electron chi connectivity index (χ1n) is 12.8. The fourth-order valence-electron chi connectivity index (χ4n) is 4.13. The molecule has 6 nitrogen and oxygen atoms in total. The van der Waals surface area contributed by atoms with Crippen LogP contribution in [0, 0.1) is 0 Å². The van der Waals surface area contributed by atoms with Gasteiger partial charge in [0.05, 0.1) is 13.7 Å². The standard InChI is InChI=1S/C32H31ClN2O4/c1-38-32(37)30(35-29-14-6-5-13-28(29)31(36)24-9-3-2-4-10-24)21-23-15-17-27(18-16-23)39-20-8-19-34-26-12-7-11-25(33)22-26/h2-7,9-18,22,30,34-35H,8,19-21H2,1H3. The zero-order chi connectivity index (χ0) is 27.5. The Morgan fingerprint density at radius 2 is 1.62 bits per heavy atom. The predicted octanol–water partition coefficient (Wildman–Crippen LogP) is 6.65. The molecule has 4 aromatic carbocycles. The average molecular weight is 543 g/mol. The van der Waals surface area contributed by atoms with Crippen LogP contribution in [0.2, 0.25) is 5.02 Å². The van der Waals surface area contributed by atoms with Crippen molar-refractivity contribution >= 4 is 34.7 Å². The zero-order valence-electron chi connectivity index (χ0n) is 21.7. The summed E-state index contributed by atoms with van der Waals surface area (Å²) in [6, 6.07) is 30.8. The van der Waals surface area contributed by atoms with Crippen molar-refractivity contribution in [3.8, 4) is 5.75 Å². The zero-order valence-corrected chi connectivity index (χ0v) is 22.5. The minimum atomic E-state index is -0.677. The number of carbonyl (C=O) groups excluding carboxylic acids is 2. The van der Waals surface area contributed by atoms with Crippen LogP contribution < -0.4 is 15.4 Å². The first kappa shape index (κ1) is 27.7. The lowest BCUT2D eigenvalue weighted by atomic mass is 10.00. The van der Waals surface area contributed by atoms with Crippen LogP contribution >= 0.6 is 11.6 Å². The molecule has 7 heteroatoms. The molecule has 0 aliphatic heterocycles. The molecule has 200 valence electrons. The van der Waals surface area contributed by atoms with Crippen LogP contribution in [0.15, 0.2) is 103 Å². The van der Waals surface area contributed by atoms with Crippen molar-refractivity contribution in [1.29, 1.82) is 0 Å². The van der Waals surface area contributed by atoms with E-state index in [4.69, 9.17) is 21.1 Å². The summed E-state index contributed by atoms with van der Waals surface area (Å²) in [4.78, 5) is 25.8. The fourth-order valence-corrected chi connectivity index (χ4v) is 4.32. The number of carbonyl (C=O) groups is 2. The molecule has 4 aromatic rings. The summed E-state index contributed by atoms with van der Waals surface area (Å²) in [6.45, 7) is 1.32. The van der Waals surface area contributed by atoms with Gasteiger partial charge in [0, 0.05) is 40.5 Å². The average Bonchev–Trinajstić information content (AvgIpc) is 2.97. The van der Waals surface area contributed by atoms with Crippen LogP contribution in [0.25, 0.3) is 0 Å². The van der Waals surface area contributed by atoms with E-state index in [0.29, 0.717) is 34.9 Å². The Kier molecular flexibility index (Phi) is 9.98. The molecular formula is C32H31ClN2O4. The topological polar surface area (TPSA) is 76.7 Å². The van der Waals surface area contributed by atoms with E-state index in [0.717, 1.165) is 30.0 Å². The Balaban J connectivity index is 1.34. The minimum Gasteiger partial charge on any atom is -0.494 e. The molecule has 4 rings (SSSR count). The van der Waals surface area contributed by atoms with Crippen molar-refractivity contribution in [2.75, 3.05) is 30.9 Å². The number of halogens is 1. The third-order valence-corrected chi connectivity index (χ3v) is 6.36. The Labute approximate surface area is 233 Å². The second-order valence-corrected chi connectivity index (χ2v) is 9.38. The third kappa shape index (κ3) is 8.09. The maximum Gasteiger partial charge on any atom is 0.328 e. The van der Waals surface area contributed by atoms with Gasteiger partial charge in [0.1, 0.15) is 11.8 Å². The van der Waals surface area contributed by atoms with Crippen LogP contribution in [0.4, 0.5) is 11.4 Å². The second kappa shape index (κ2) is 14.0. The summed E-state index contributed by atoms with van der Waals surface area (Å²) in [5, 5.41) is 7.26. The molecule has 0 bridgehead atoms. The lowest BCUT2D eigenvalue weighted by Gasteiger charge is -2.20. The first-order valence-corrected chi connectivity index (χ1v) is 13.2. The number of nitrogens with one attached hydrogen (secondary N) is 2. The highest BCUT2D eigenvalue weighted by atomic mass is 35.5. The van der Waals surface area contributed by atoms with Crippen molar-refractivity contribution in [3.05, 3.63) is 125 Å². The van der Waals surface area contributed by atoms with Crippen molar-refractivity contribution in [2.45, 2.75) is 18.9 Å². The largest absolute Gasteiger partial charge is 0.494 e. The van der Waals surface area contributed by atoms with Crippen LogP contribution in [-0.4, -0.2) is 38.1 Å². The molecule has 2 N–H and O–H groups in total. The van der Waals surface area contributed by atoms with Gasteiger partial charge in [-0.1, -0.05) is 72.3 Å². The van der Waals surface area contributed by atoms with Gasteiger partial charge in [-0.05, 0) is 54.4 Å². The SMILES string of the molecule is COC(=O)C(Cc1ccc(OCCCNc2cccc(Cl)c2)cc1)Nc1ccccc1C(=O)c1ccccc1. The molecule has 0 spiro atoms. The molecule has 39 heavy (non-hydrogen) atoms. The highest BCUT2D eigenvalue weighted by Crippen LogP contribution is 2.22. The van der Waals surface area contributed by atoms with Gasteiger partial charge in [-0.15, -0.1) is 0 Å². The molecule has 1 unspecified atom stereocenters. The van der Waals surface area contributed by atoms with Crippen LogP contribution in [0.5, 0.6) is 5.75 Å². The monoisotopic (exact) mass is 542 g/mol. The van der Waals surface area contributed by atoms with Crippen molar-refractivity contribution in [3.63, 3.8) is 0 Å². The van der Waals surface area contributed by atoms with E-state index < -0.39 is 12.0 Å². The Bertz CT molecular complexity index is 1380. The molecular weight excluding hydrogens is 512 g/mol. The summed E-state index contributed by atoms with van der Waals surface area (Å²) in [6.07, 6.45) is 1.20. The third-order valence-electron chi connectivity index (χ3n) is 6.13. The smallest absolute Gasteiger partial charge is 0.328 e. The molecule has 0 saturated heterocycles. The van der Waals surface area contributed by atoms with Crippen molar-refractivity contribution < 1.29 is 19.1 Å². The minimum absolute atomic E-state index is 0.119. The van der Waals surface area contributed by atoms with E-state index in [-0.39, 0.29) is 5.78 Å². The Morgan fingerprint density at radius 3 is 2.36 bits per heavy atom. The van der Waals surface area contributed by atoms with E-state index in [1.54, 1.807) is 30.3 Å². The van der Waals surface area contributed by atoms with Gasteiger partial charge in [-0.3, -0.25) is 4.79 Å². The molecule has 0 saturated carbocycles. The summed E-state index contributed by atoms with van der Waals surface area (Å²) < 4.78 is 10.9. The summed E-state index contributed by atoms with van der Waals surface area (Å²) >= 11 is 6.01. The lowest BCUT2D eigenvalue weighted by molar-refractivity contribution is -0.141. The Morgan fingerprint density at radius 1 is 0.872 bits per heavy atom. The van der Waals surface area contributed by atoms with Gasteiger partial charge < -0.3 is 20.1 Å². The predicted molar refractivity (Wildman–Crippen MR) is 156 cm³/mol. The highest BCUT2D eigenvalue weighted by Gasteiger charge is 2.22. The van der Waals surface area contributed by atoms with Gasteiger partial charge in [0.25, 0.3) is 0 Å².